The minimum Gasteiger partial charge on any atom is -0.392 e. The molecule has 4 heteroatoms. The van der Waals surface area contributed by atoms with E-state index in [1.165, 1.54) is 5.56 Å². The first-order valence-corrected chi connectivity index (χ1v) is 8.60. The van der Waals surface area contributed by atoms with Gasteiger partial charge in [-0.3, -0.25) is 0 Å². The number of aliphatic hydroxyl groups excluding tert-OH is 1. The molecule has 2 heterocycles. The molecule has 0 amide bonds. The Labute approximate surface area is 134 Å². The molecule has 3 nitrogen and oxygen atoms in total. The molecule has 3 rings (SSSR count). The lowest BCUT2D eigenvalue weighted by Gasteiger charge is -2.44. The van der Waals surface area contributed by atoms with Crippen LogP contribution in [-0.2, 0) is 15.9 Å². The molecular formula is C17H23BrO3. The van der Waals surface area contributed by atoms with Crippen molar-refractivity contribution < 1.29 is 14.6 Å². The quantitative estimate of drug-likeness (QED) is 0.904. The molecule has 0 bridgehead atoms. The van der Waals surface area contributed by atoms with E-state index < -0.39 is 0 Å². The smallest absolute Gasteiger partial charge is 0.0730 e. The number of hydrogen-bond acceptors (Lipinski definition) is 3. The summed E-state index contributed by atoms with van der Waals surface area (Å²) < 4.78 is 12.6. The van der Waals surface area contributed by atoms with Crippen LogP contribution in [0.3, 0.4) is 0 Å². The number of aliphatic hydroxyl groups is 1. The van der Waals surface area contributed by atoms with Gasteiger partial charge in [0.25, 0.3) is 0 Å². The van der Waals surface area contributed by atoms with Gasteiger partial charge in [0.2, 0.25) is 0 Å². The summed E-state index contributed by atoms with van der Waals surface area (Å²) in [5.74, 6) is 0.329. The van der Waals surface area contributed by atoms with E-state index >= 15 is 0 Å². The average Bonchev–Trinajstić information content (AvgIpc) is 2.48. The molecule has 21 heavy (non-hydrogen) atoms. The molecule has 2 unspecified atom stereocenters. The molecule has 2 aliphatic rings. The highest BCUT2D eigenvalue weighted by atomic mass is 79.9. The zero-order chi connectivity index (χ0) is 14.7. The molecule has 0 aliphatic carbocycles. The fraction of sp³-hybridized carbons (Fsp3) is 0.647. The predicted octanol–water partition coefficient (Wildman–Crippen LogP) is 3.33. The van der Waals surface area contributed by atoms with Crippen LogP contribution in [0.4, 0.5) is 0 Å². The van der Waals surface area contributed by atoms with Crippen LogP contribution in [0.1, 0.15) is 31.2 Å². The number of rotatable bonds is 3. The Bertz CT molecular complexity index is 465. The summed E-state index contributed by atoms with van der Waals surface area (Å²) in [6.45, 7) is 2.34. The van der Waals surface area contributed by atoms with E-state index in [-0.39, 0.29) is 11.7 Å². The zero-order valence-corrected chi connectivity index (χ0v) is 13.8. The average molecular weight is 355 g/mol. The summed E-state index contributed by atoms with van der Waals surface area (Å²) in [4.78, 5) is 0. The highest BCUT2D eigenvalue weighted by molar-refractivity contribution is 9.10. The van der Waals surface area contributed by atoms with Gasteiger partial charge in [-0.1, -0.05) is 28.1 Å². The van der Waals surface area contributed by atoms with E-state index in [1.807, 2.05) is 12.1 Å². The van der Waals surface area contributed by atoms with Crippen LogP contribution >= 0.6 is 15.9 Å². The lowest BCUT2D eigenvalue weighted by molar-refractivity contribution is -0.158. The number of hydrogen-bond donors (Lipinski definition) is 1. The van der Waals surface area contributed by atoms with Crippen LogP contribution in [0.15, 0.2) is 28.7 Å². The highest BCUT2D eigenvalue weighted by Gasteiger charge is 2.40. The SMILES string of the molecule is OC(Cc1cccc(Br)c1)C1CCOC2(CCOCC2)C1. The minimum absolute atomic E-state index is 0.0422. The largest absolute Gasteiger partial charge is 0.392 e. The molecule has 2 atom stereocenters. The maximum absolute atomic E-state index is 10.6. The molecule has 2 fully saturated rings. The van der Waals surface area contributed by atoms with Crippen molar-refractivity contribution in [2.24, 2.45) is 5.92 Å². The minimum atomic E-state index is -0.289. The summed E-state index contributed by atoms with van der Waals surface area (Å²) >= 11 is 3.49. The van der Waals surface area contributed by atoms with E-state index in [9.17, 15) is 5.11 Å². The van der Waals surface area contributed by atoms with Crippen LogP contribution in [0.25, 0.3) is 0 Å². The molecule has 1 N–H and O–H groups in total. The molecule has 2 saturated heterocycles. The van der Waals surface area contributed by atoms with Gasteiger partial charge >= 0.3 is 0 Å². The first-order valence-electron chi connectivity index (χ1n) is 7.81. The standard InChI is InChI=1S/C17H23BrO3/c18-15-3-1-2-13(10-15)11-16(19)14-4-7-21-17(12-14)5-8-20-9-6-17/h1-3,10,14,16,19H,4-9,11-12H2. The Hall–Kier alpha value is -0.420. The molecule has 116 valence electrons. The predicted molar refractivity (Wildman–Crippen MR) is 85.3 cm³/mol. The monoisotopic (exact) mass is 354 g/mol. The highest BCUT2D eigenvalue weighted by Crippen LogP contribution is 2.38. The lowest BCUT2D eigenvalue weighted by Crippen LogP contribution is -2.47. The summed E-state index contributed by atoms with van der Waals surface area (Å²) in [5, 5.41) is 10.6. The van der Waals surface area contributed by atoms with Crippen molar-refractivity contribution in [3.63, 3.8) is 0 Å². The lowest BCUT2D eigenvalue weighted by atomic mass is 9.77. The molecular weight excluding hydrogens is 332 g/mol. The Morgan fingerprint density at radius 1 is 1.29 bits per heavy atom. The van der Waals surface area contributed by atoms with E-state index in [2.05, 4.69) is 28.1 Å². The maximum Gasteiger partial charge on any atom is 0.0730 e. The first kappa shape index (κ1) is 15.5. The molecule has 1 aromatic rings. The van der Waals surface area contributed by atoms with Crippen LogP contribution in [-0.4, -0.2) is 36.6 Å². The summed E-state index contributed by atoms with van der Waals surface area (Å²) in [7, 11) is 0. The third-order valence-electron chi connectivity index (χ3n) is 4.81. The third-order valence-corrected chi connectivity index (χ3v) is 5.31. The Morgan fingerprint density at radius 2 is 2.10 bits per heavy atom. The Morgan fingerprint density at radius 3 is 2.86 bits per heavy atom. The first-order chi connectivity index (χ1) is 10.2. The Balaban J connectivity index is 1.62. The summed E-state index contributed by atoms with van der Waals surface area (Å²) in [5.41, 5.74) is 1.14. The molecule has 0 radical (unpaired) electrons. The van der Waals surface area contributed by atoms with Crippen molar-refractivity contribution in [3.05, 3.63) is 34.3 Å². The molecule has 0 saturated carbocycles. The van der Waals surface area contributed by atoms with Gasteiger partial charge in [-0.15, -0.1) is 0 Å². The number of benzene rings is 1. The molecule has 1 spiro atoms. The van der Waals surface area contributed by atoms with Crippen LogP contribution in [0.5, 0.6) is 0 Å². The van der Waals surface area contributed by atoms with E-state index in [0.29, 0.717) is 5.92 Å². The number of ether oxygens (including phenoxy) is 2. The van der Waals surface area contributed by atoms with Crippen LogP contribution in [0, 0.1) is 5.92 Å². The topological polar surface area (TPSA) is 38.7 Å². The van der Waals surface area contributed by atoms with Gasteiger partial charge in [-0.05, 0) is 55.7 Å². The van der Waals surface area contributed by atoms with Crippen LogP contribution < -0.4 is 0 Å². The van der Waals surface area contributed by atoms with Gasteiger partial charge in [-0.25, -0.2) is 0 Å². The third kappa shape index (κ3) is 3.86. The summed E-state index contributed by atoms with van der Waals surface area (Å²) in [6, 6.07) is 8.21. The fourth-order valence-electron chi connectivity index (χ4n) is 3.56. The van der Waals surface area contributed by atoms with Gasteiger partial charge in [0.05, 0.1) is 11.7 Å². The van der Waals surface area contributed by atoms with Gasteiger partial charge in [-0.2, -0.15) is 0 Å². The van der Waals surface area contributed by atoms with Gasteiger partial charge in [0.15, 0.2) is 0 Å². The van der Waals surface area contributed by atoms with E-state index in [1.54, 1.807) is 0 Å². The van der Waals surface area contributed by atoms with Gasteiger partial charge in [0.1, 0.15) is 0 Å². The van der Waals surface area contributed by atoms with E-state index in [4.69, 9.17) is 9.47 Å². The van der Waals surface area contributed by atoms with Gasteiger partial charge < -0.3 is 14.6 Å². The zero-order valence-electron chi connectivity index (χ0n) is 12.3. The van der Waals surface area contributed by atoms with Gasteiger partial charge in [0, 0.05) is 24.3 Å². The van der Waals surface area contributed by atoms with Crippen molar-refractivity contribution in [2.45, 2.75) is 43.8 Å². The fourth-order valence-corrected chi connectivity index (χ4v) is 4.00. The molecule has 1 aromatic carbocycles. The number of halogens is 1. The molecule has 2 aliphatic heterocycles. The van der Waals surface area contributed by atoms with Crippen LogP contribution in [0.2, 0.25) is 0 Å². The Kier molecular flexibility index (Phi) is 4.99. The maximum atomic E-state index is 10.6. The van der Waals surface area contributed by atoms with Crippen molar-refractivity contribution >= 4 is 15.9 Å². The summed E-state index contributed by atoms with van der Waals surface area (Å²) in [6.07, 6.45) is 4.28. The van der Waals surface area contributed by atoms with Crippen molar-refractivity contribution in [1.82, 2.24) is 0 Å². The second kappa shape index (κ2) is 6.78. The van der Waals surface area contributed by atoms with Crippen molar-refractivity contribution in [2.75, 3.05) is 19.8 Å². The van der Waals surface area contributed by atoms with Crippen molar-refractivity contribution in [3.8, 4) is 0 Å². The molecule has 0 aromatic heterocycles. The second-order valence-electron chi connectivity index (χ2n) is 6.30. The van der Waals surface area contributed by atoms with E-state index in [0.717, 1.165) is 56.4 Å². The van der Waals surface area contributed by atoms with Crippen molar-refractivity contribution in [1.29, 1.82) is 0 Å². The normalized spacial score (nSPS) is 26.7. The second-order valence-corrected chi connectivity index (χ2v) is 7.21.